The van der Waals surface area contributed by atoms with Crippen LogP contribution in [0.1, 0.15) is 25.6 Å². The first-order valence-electron chi connectivity index (χ1n) is 5.89. The Morgan fingerprint density at radius 3 is 3.00 bits per heavy atom. The number of piperidine rings is 1. The van der Waals surface area contributed by atoms with E-state index >= 15 is 0 Å². The van der Waals surface area contributed by atoms with Crippen molar-refractivity contribution < 1.29 is 9.90 Å². The molecule has 17 heavy (non-hydrogen) atoms. The van der Waals surface area contributed by atoms with Crippen LogP contribution in [0.2, 0.25) is 0 Å². The lowest BCUT2D eigenvalue weighted by molar-refractivity contribution is -0.147. The second-order valence-corrected chi connectivity index (χ2v) is 4.67. The van der Waals surface area contributed by atoms with Crippen molar-refractivity contribution in [2.45, 2.75) is 32.4 Å². The number of carboxylic acid groups (broad SMARTS) is 1. The van der Waals surface area contributed by atoms with E-state index in [1.54, 1.807) is 4.68 Å². The monoisotopic (exact) mass is 238 g/mol. The predicted molar refractivity (Wildman–Crippen MR) is 61.2 cm³/mol. The molecule has 0 amide bonds. The maximum atomic E-state index is 11.3. The number of nitrogens with zero attached hydrogens (tertiary/aromatic N) is 4. The van der Waals surface area contributed by atoms with E-state index in [9.17, 15) is 9.90 Å². The van der Waals surface area contributed by atoms with Crippen LogP contribution in [-0.4, -0.2) is 43.3 Å². The lowest BCUT2D eigenvalue weighted by atomic mass is 9.91. The zero-order valence-electron chi connectivity index (χ0n) is 10.2. The highest BCUT2D eigenvalue weighted by molar-refractivity contribution is 5.74. The van der Waals surface area contributed by atoms with Gasteiger partial charge in [0.25, 0.3) is 0 Å². The van der Waals surface area contributed by atoms with Crippen molar-refractivity contribution in [3.63, 3.8) is 0 Å². The van der Waals surface area contributed by atoms with E-state index in [0.717, 1.165) is 25.2 Å². The van der Waals surface area contributed by atoms with Crippen LogP contribution in [0.3, 0.4) is 0 Å². The minimum absolute atomic E-state index is 0.189. The fourth-order valence-electron chi connectivity index (χ4n) is 2.50. The molecular weight excluding hydrogens is 220 g/mol. The molecule has 0 radical (unpaired) electrons. The first-order valence-corrected chi connectivity index (χ1v) is 5.89. The summed E-state index contributed by atoms with van der Waals surface area (Å²) in [5.41, 5.74) is 0. The van der Waals surface area contributed by atoms with Crippen molar-refractivity contribution in [1.29, 1.82) is 0 Å². The third kappa shape index (κ3) is 2.46. The zero-order valence-corrected chi connectivity index (χ0v) is 10.2. The molecule has 0 spiro atoms. The third-order valence-electron chi connectivity index (χ3n) is 3.44. The molecule has 1 aromatic rings. The molecule has 1 aliphatic rings. The van der Waals surface area contributed by atoms with Gasteiger partial charge < -0.3 is 5.11 Å². The Morgan fingerprint density at radius 1 is 1.65 bits per heavy atom. The van der Waals surface area contributed by atoms with Gasteiger partial charge in [0.1, 0.15) is 18.2 Å². The van der Waals surface area contributed by atoms with Gasteiger partial charge in [0.05, 0.1) is 6.54 Å². The Kier molecular flexibility index (Phi) is 3.42. The molecule has 1 aliphatic heterocycles. The van der Waals surface area contributed by atoms with Crippen LogP contribution in [0.15, 0.2) is 6.33 Å². The van der Waals surface area contributed by atoms with Crippen LogP contribution in [-0.2, 0) is 18.4 Å². The Labute approximate surface area is 100 Å². The van der Waals surface area contributed by atoms with E-state index in [0.29, 0.717) is 6.54 Å². The normalized spacial score (nSPS) is 26.0. The summed E-state index contributed by atoms with van der Waals surface area (Å²) in [5.74, 6) is 0.263. The zero-order chi connectivity index (χ0) is 12.4. The number of aromatic nitrogens is 3. The maximum absolute atomic E-state index is 11.3. The molecule has 2 atom stereocenters. The number of hydrogen-bond donors (Lipinski definition) is 1. The third-order valence-corrected chi connectivity index (χ3v) is 3.44. The minimum atomic E-state index is -0.737. The Bertz CT molecular complexity index is 404. The molecule has 0 aliphatic carbocycles. The van der Waals surface area contributed by atoms with Crippen LogP contribution < -0.4 is 0 Å². The van der Waals surface area contributed by atoms with Gasteiger partial charge in [0.15, 0.2) is 0 Å². The maximum Gasteiger partial charge on any atom is 0.321 e. The molecule has 0 saturated carbocycles. The second kappa shape index (κ2) is 4.83. The van der Waals surface area contributed by atoms with Gasteiger partial charge in [-0.1, -0.05) is 6.92 Å². The van der Waals surface area contributed by atoms with Crippen LogP contribution in [0, 0.1) is 5.92 Å². The standard InChI is InChI=1S/C11H18N4O2/c1-8-4-3-5-15(10(8)11(16)17)6-9-12-7-13-14(9)2/h7-8,10H,3-6H2,1-2H3,(H,16,17). The highest BCUT2D eigenvalue weighted by atomic mass is 16.4. The Morgan fingerprint density at radius 2 is 2.41 bits per heavy atom. The molecule has 1 fully saturated rings. The molecule has 94 valence electrons. The van der Waals surface area contributed by atoms with Gasteiger partial charge >= 0.3 is 5.97 Å². The van der Waals surface area contributed by atoms with E-state index in [1.807, 2.05) is 18.9 Å². The molecule has 6 nitrogen and oxygen atoms in total. The summed E-state index contributed by atoms with van der Waals surface area (Å²) in [6, 6.07) is -0.402. The van der Waals surface area contributed by atoms with Gasteiger partial charge in [-0.2, -0.15) is 5.10 Å². The summed E-state index contributed by atoms with van der Waals surface area (Å²) in [6.07, 6.45) is 3.52. The molecule has 1 aromatic heterocycles. The molecule has 2 heterocycles. The van der Waals surface area contributed by atoms with Crippen LogP contribution >= 0.6 is 0 Å². The van der Waals surface area contributed by atoms with Gasteiger partial charge in [0, 0.05) is 7.05 Å². The lowest BCUT2D eigenvalue weighted by Crippen LogP contribution is -2.48. The van der Waals surface area contributed by atoms with Crippen molar-refractivity contribution in [2.24, 2.45) is 13.0 Å². The number of aliphatic carboxylic acids is 1. The molecule has 0 bridgehead atoms. The van der Waals surface area contributed by atoms with Gasteiger partial charge in [0.2, 0.25) is 0 Å². The van der Waals surface area contributed by atoms with E-state index in [2.05, 4.69) is 10.1 Å². The second-order valence-electron chi connectivity index (χ2n) is 4.67. The average molecular weight is 238 g/mol. The summed E-state index contributed by atoms with van der Waals surface area (Å²) in [6.45, 7) is 3.37. The summed E-state index contributed by atoms with van der Waals surface area (Å²) >= 11 is 0. The first-order chi connectivity index (χ1) is 8.09. The van der Waals surface area contributed by atoms with E-state index in [-0.39, 0.29) is 5.92 Å². The molecule has 2 unspecified atom stereocenters. The van der Waals surface area contributed by atoms with Crippen molar-refractivity contribution in [1.82, 2.24) is 19.7 Å². The van der Waals surface area contributed by atoms with E-state index in [4.69, 9.17) is 0 Å². The van der Waals surface area contributed by atoms with Gasteiger partial charge in [-0.05, 0) is 25.3 Å². The number of carbonyl (C=O) groups is 1. The number of carboxylic acids is 1. The fourth-order valence-corrected chi connectivity index (χ4v) is 2.50. The van der Waals surface area contributed by atoms with Crippen LogP contribution in [0.25, 0.3) is 0 Å². The number of hydrogen-bond acceptors (Lipinski definition) is 4. The van der Waals surface area contributed by atoms with Gasteiger partial charge in [-0.3, -0.25) is 14.4 Å². The Hall–Kier alpha value is -1.43. The highest BCUT2D eigenvalue weighted by Gasteiger charge is 2.34. The lowest BCUT2D eigenvalue weighted by Gasteiger charge is -2.36. The SMILES string of the molecule is CC1CCCN(Cc2ncnn2C)C1C(=O)O. The Balaban J connectivity index is 2.12. The number of aryl methyl sites for hydroxylation is 1. The number of likely N-dealkylation sites (tertiary alicyclic amines) is 1. The van der Waals surface area contributed by atoms with E-state index < -0.39 is 12.0 Å². The van der Waals surface area contributed by atoms with Crippen LogP contribution in [0.4, 0.5) is 0 Å². The molecule has 0 aromatic carbocycles. The first kappa shape index (κ1) is 12.0. The molecular formula is C11H18N4O2. The smallest absolute Gasteiger partial charge is 0.321 e. The van der Waals surface area contributed by atoms with E-state index in [1.165, 1.54) is 6.33 Å². The summed E-state index contributed by atoms with van der Waals surface area (Å²) < 4.78 is 1.69. The fraction of sp³-hybridized carbons (Fsp3) is 0.727. The largest absolute Gasteiger partial charge is 0.480 e. The topological polar surface area (TPSA) is 71.2 Å². The van der Waals surface area contributed by atoms with Crippen molar-refractivity contribution in [3.05, 3.63) is 12.2 Å². The summed E-state index contributed by atoms with van der Waals surface area (Å²) in [5, 5.41) is 13.3. The summed E-state index contributed by atoms with van der Waals surface area (Å²) in [7, 11) is 1.82. The molecule has 6 heteroatoms. The van der Waals surface area contributed by atoms with Gasteiger partial charge in [-0.15, -0.1) is 0 Å². The predicted octanol–water partition coefficient (Wildman–Crippen LogP) is 0.500. The molecule has 1 saturated heterocycles. The quantitative estimate of drug-likeness (QED) is 0.830. The van der Waals surface area contributed by atoms with Crippen LogP contribution in [0.5, 0.6) is 0 Å². The van der Waals surface area contributed by atoms with Crippen molar-refractivity contribution in [2.75, 3.05) is 6.54 Å². The minimum Gasteiger partial charge on any atom is -0.480 e. The average Bonchev–Trinajstić information content (AvgIpc) is 2.64. The molecule has 1 N–H and O–H groups in total. The van der Waals surface area contributed by atoms with Gasteiger partial charge in [-0.25, -0.2) is 4.98 Å². The summed E-state index contributed by atoms with van der Waals surface area (Å²) in [4.78, 5) is 17.4. The number of rotatable bonds is 3. The highest BCUT2D eigenvalue weighted by Crippen LogP contribution is 2.24. The van der Waals surface area contributed by atoms with Crippen molar-refractivity contribution in [3.8, 4) is 0 Å². The van der Waals surface area contributed by atoms with Crippen molar-refractivity contribution >= 4 is 5.97 Å². The molecule has 2 rings (SSSR count).